The average Bonchev–Trinajstić information content (AvgIpc) is 2.68. The summed E-state index contributed by atoms with van der Waals surface area (Å²) >= 11 is 0. The van der Waals surface area contributed by atoms with Gasteiger partial charge in [0, 0.05) is 24.2 Å². The fraction of sp³-hybridized carbons (Fsp3) is 0.500. The summed E-state index contributed by atoms with van der Waals surface area (Å²) in [6.07, 6.45) is 4.48. The standard InChI is InChI=1S/C22H28F2N2O/c1-3-19(4-2)26-11-5-6-18(14-26)21(25)17-8-7-16-13-20(27-22(23)24)10-9-15(16)12-17/h7-10,12-13,18-19,22,25H,3-6,11,14H2,1-2H3. The summed E-state index contributed by atoms with van der Waals surface area (Å²) < 4.78 is 29.2. The first-order valence-corrected chi connectivity index (χ1v) is 9.83. The van der Waals surface area contributed by atoms with Gasteiger partial charge in [0.25, 0.3) is 0 Å². The Morgan fingerprint density at radius 3 is 2.56 bits per heavy atom. The second-order valence-electron chi connectivity index (χ2n) is 7.32. The minimum Gasteiger partial charge on any atom is -0.435 e. The van der Waals surface area contributed by atoms with Crippen LogP contribution in [0.1, 0.15) is 45.1 Å². The minimum absolute atomic E-state index is 0.161. The number of benzene rings is 2. The van der Waals surface area contributed by atoms with Crippen molar-refractivity contribution in [1.82, 2.24) is 4.90 Å². The summed E-state index contributed by atoms with van der Waals surface area (Å²) in [5.41, 5.74) is 1.60. The second-order valence-corrected chi connectivity index (χ2v) is 7.32. The number of ether oxygens (including phenoxy) is 1. The Bertz CT molecular complexity index is 789. The van der Waals surface area contributed by atoms with Crippen LogP contribution < -0.4 is 4.74 Å². The van der Waals surface area contributed by atoms with Crippen LogP contribution in [0, 0.1) is 11.3 Å². The van der Waals surface area contributed by atoms with Crippen LogP contribution in [-0.4, -0.2) is 36.4 Å². The lowest BCUT2D eigenvalue weighted by molar-refractivity contribution is -0.0497. The van der Waals surface area contributed by atoms with E-state index in [0.717, 1.165) is 55.1 Å². The third-order valence-corrected chi connectivity index (χ3v) is 5.67. The molecule has 0 bridgehead atoms. The van der Waals surface area contributed by atoms with E-state index in [9.17, 15) is 8.78 Å². The molecule has 0 amide bonds. The van der Waals surface area contributed by atoms with Crippen LogP contribution in [0.2, 0.25) is 0 Å². The molecule has 0 aromatic heterocycles. The van der Waals surface area contributed by atoms with Crippen LogP contribution in [0.3, 0.4) is 0 Å². The molecule has 0 aliphatic carbocycles. The molecule has 0 spiro atoms. The first kappa shape index (κ1) is 19.7. The number of nitrogens with one attached hydrogen (secondary N) is 1. The highest BCUT2D eigenvalue weighted by atomic mass is 19.3. The van der Waals surface area contributed by atoms with Crippen LogP contribution in [0.4, 0.5) is 8.78 Å². The van der Waals surface area contributed by atoms with Gasteiger partial charge < -0.3 is 10.1 Å². The molecule has 0 radical (unpaired) electrons. The summed E-state index contributed by atoms with van der Waals surface area (Å²) in [5.74, 6) is 0.409. The van der Waals surface area contributed by atoms with E-state index in [-0.39, 0.29) is 11.7 Å². The van der Waals surface area contributed by atoms with Gasteiger partial charge in [-0.2, -0.15) is 8.78 Å². The molecule has 1 saturated heterocycles. The van der Waals surface area contributed by atoms with E-state index < -0.39 is 6.61 Å². The third-order valence-electron chi connectivity index (χ3n) is 5.67. The Labute approximate surface area is 159 Å². The number of hydrogen-bond donors (Lipinski definition) is 1. The van der Waals surface area contributed by atoms with Crippen molar-refractivity contribution in [2.45, 2.75) is 52.2 Å². The minimum atomic E-state index is -2.82. The van der Waals surface area contributed by atoms with Gasteiger partial charge in [-0.25, -0.2) is 0 Å². The molecule has 0 saturated carbocycles. The zero-order chi connectivity index (χ0) is 19.4. The molecule has 1 aliphatic rings. The molecule has 1 aliphatic heterocycles. The van der Waals surface area contributed by atoms with Gasteiger partial charge in [0.15, 0.2) is 0 Å². The lowest BCUT2D eigenvalue weighted by Gasteiger charge is -2.38. The van der Waals surface area contributed by atoms with Crippen molar-refractivity contribution in [3.8, 4) is 5.75 Å². The second kappa shape index (κ2) is 8.79. The highest BCUT2D eigenvalue weighted by Gasteiger charge is 2.27. The van der Waals surface area contributed by atoms with Crippen molar-refractivity contribution in [3.63, 3.8) is 0 Å². The molecular weight excluding hydrogens is 346 g/mol. The van der Waals surface area contributed by atoms with Gasteiger partial charge in [0.05, 0.1) is 0 Å². The van der Waals surface area contributed by atoms with Crippen LogP contribution in [0.25, 0.3) is 10.8 Å². The number of alkyl halides is 2. The summed E-state index contributed by atoms with van der Waals surface area (Å²) in [6.45, 7) is 3.72. The molecule has 3 nitrogen and oxygen atoms in total. The Kier molecular flexibility index (Phi) is 6.42. The van der Waals surface area contributed by atoms with Crippen LogP contribution in [-0.2, 0) is 0 Å². The Morgan fingerprint density at radius 2 is 1.85 bits per heavy atom. The monoisotopic (exact) mass is 374 g/mol. The molecule has 146 valence electrons. The van der Waals surface area contributed by atoms with E-state index in [0.29, 0.717) is 11.8 Å². The number of piperidine rings is 1. The highest BCUT2D eigenvalue weighted by molar-refractivity contribution is 6.03. The molecule has 1 N–H and O–H groups in total. The van der Waals surface area contributed by atoms with E-state index in [4.69, 9.17) is 5.41 Å². The number of nitrogens with zero attached hydrogens (tertiary/aromatic N) is 1. The van der Waals surface area contributed by atoms with E-state index in [2.05, 4.69) is 23.5 Å². The molecule has 2 aromatic rings. The fourth-order valence-corrected chi connectivity index (χ4v) is 4.18. The predicted molar refractivity (Wildman–Crippen MR) is 106 cm³/mol. The highest BCUT2D eigenvalue weighted by Crippen LogP contribution is 2.27. The molecule has 1 heterocycles. The topological polar surface area (TPSA) is 36.3 Å². The van der Waals surface area contributed by atoms with Crippen molar-refractivity contribution in [2.24, 2.45) is 5.92 Å². The first-order chi connectivity index (χ1) is 13.0. The Morgan fingerprint density at radius 1 is 1.15 bits per heavy atom. The Hall–Kier alpha value is -2.01. The molecule has 1 unspecified atom stereocenters. The number of rotatable bonds is 7. The molecule has 3 rings (SSSR count). The molecule has 1 atom stereocenters. The predicted octanol–water partition coefficient (Wildman–Crippen LogP) is 5.71. The van der Waals surface area contributed by atoms with Gasteiger partial charge in [-0.15, -0.1) is 0 Å². The molecule has 5 heteroatoms. The van der Waals surface area contributed by atoms with E-state index in [1.807, 2.05) is 18.2 Å². The third kappa shape index (κ3) is 4.64. The number of likely N-dealkylation sites (tertiary alicyclic amines) is 1. The van der Waals surface area contributed by atoms with Crippen molar-refractivity contribution >= 4 is 16.5 Å². The van der Waals surface area contributed by atoms with Crippen molar-refractivity contribution in [2.75, 3.05) is 13.1 Å². The van der Waals surface area contributed by atoms with Crippen molar-refractivity contribution in [3.05, 3.63) is 42.0 Å². The van der Waals surface area contributed by atoms with Gasteiger partial charge in [-0.05, 0) is 66.8 Å². The summed E-state index contributed by atoms with van der Waals surface area (Å²) in [4.78, 5) is 2.54. The zero-order valence-corrected chi connectivity index (χ0v) is 16.1. The van der Waals surface area contributed by atoms with E-state index in [1.54, 1.807) is 18.2 Å². The maximum atomic E-state index is 12.4. The number of fused-ring (bicyclic) bond motifs is 1. The molecule has 2 aromatic carbocycles. The van der Waals surface area contributed by atoms with Crippen molar-refractivity contribution < 1.29 is 13.5 Å². The maximum Gasteiger partial charge on any atom is 0.387 e. The van der Waals surface area contributed by atoms with Gasteiger partial charge in [0.1, 0.15) is 5.75 Å². The van der Waals surface area contributed by atoms with E-state index in [1.165, 1.54) is 0 Å². The van der Waals surface area contributed by atoms with Crippen molar-refractivity contribution in [1.29, 1.82) is 5.41 Å². The number of halogens is 2. The van der Waals surface area contributed by atoms with Gasteiger partial charge >= 0.3 is 6.61 Å². The first-order valence-electron chi connectivity index (χ1n) is 9.83. The fourth-order valence-electron chi connectivity index (χ4n) is 4.18. The van der Waals surface area contributed by atoms with Crippen LogP contribution >= 0.6 is 0 Å². The zero-order valence-electron chi connectivity index (χ0n) is 16.1. The number of hydrogen-bond acceptors (Lipinski definition) is 3. The smallest absolute Gasteiger partial charge is 0.387 e. The Balaban J connectivity index is 1.77. The molecule has 1 fully saturated rings. The normalized spacial score (nSPS) is 18.4. The molecular formula is C22H28F2N2O. The van der Waals surface area contributed by atoms with Gasteiger partial charge in [-0.3, -0.25) is 4.90 Å². The van der Waals surface area contributed by atoms with E-state index >= 15 is 0 Å². The van der Waals surface area contributed by atoms with Crippen LogP contribution in [0.5, 0.6) is 5.75 Å². The molecule has 27 heavy (non-hydrogen) atoms. The van der Waals surface area contributed by atoms with Gasteiger partial charge in [0.2, 0.25) is 0 Å². The lowest BCUT2D eigenvalue weighted by atomic mass is 9.87. The quantitative estimate of drug-likeness (QED) is 0.630. The average molecular weight is 374 g/mol. The van der Waals surface area contributed by atoms with Crippen LogP contribution in [0.15, 0.2) is 36.4 Å². The van der Waals surface area contributed by atoms with Gasteiger partial charge in [-0.1, -0.05) is 32.0 Å². The SMILES string of the molecule is CCC(CC)N1CCCC(C(=N)c2ccc3cc(OC(F)F)ccc3c2)C1. The maximum absolute atomic E-state index is 12.4. The lowest BCUT2D eigenvalue weighted by Crippen LogP contribution is -2.44. The summed E-state index contributed by atoms with van der Waals surface area (Å²) in [7, 11) is 0. The summed E-state index contributed by atoms with van der Waals surface area (Å²) in [5, 5.41) is 10.5. The largest absolute Gasteiger partial charge is 0.435 e. The summed E-state index contributed by atoms with van der Waals surface area (Å²) in [6, 6.07) is 11.3.